The largest absolute Gasteiger partial charge is 0.354 e. The van der Waals surface area contributed by atoms with Crippen molar-refractivity contribution in [1.29, 1.82) is 0 Å². The zero-order valence-electron chi connectivity index (χ0n) is 16.5. The summed E-state index contributed by atoms with van der Waals surface area (Å²) < 4.78 is 2.88. The van der Waals surface area contributed by atoms with Crippen molar-refractivity contribution >= 4 is 32.7 Å². The van der Waals surface area contributed by atoms with E-state index in [1.165, 1.54) is 12.8 Å². The maximum atomic E-state index is 13.2. The molecule has 0 saturated heterocycles. The average molecular weight is 453 g/mol. The summed E-state index contributed by atoms with van der Waals surface area (Å²) >= 11 is 3.52. The summed E-state index contributed by atoms with van der Waals surface area (Å²) in [6.45, 7) is 2.83. The van der Waals surface area contributed by atoms with Gasteiger partial charge >= 0.3 is 0 Å². The minimum Gasteiger partial charge on any atom is -0.354 e. The number of nitrogens with one attached hydrogen (secondary N) is 1. The number of aromatic nitrogens is 1. The topological polar surface area (TPSA) is 51.1 Å². The first-order chi connectivity index (χ1) is 14.1. The molecule has 1 heterocycles. The molecule has 29 heavy (non-hydrogen) atoms. The van der Waals surface area contributed by atoms with E-state index in [0.29, 0.717) is 16.9 Å². The monoisotopic (exact) mass is 452 g/mol. The number of fused-ring (bicyclic) bond motifs is 1. The number of pyridine rings is 1. The predicted octanol–water partition coefficient (Wildman–Crippen LogP) is 5.30. The summed E-state index contributed by atoms with van der Waals surface area (Å²) in [5.74, 6) is 0.656. The van der Waals surface area contributed by atoms with Crippen molar-refractivity contribution in [2.24, 2.45) is 5.92 Å². The predicted molar refractivity (Wildman–Crippen MR) is 121 cm³/mol. The maximum Gasteiger partial charge on any atom is 0.243 e. The molecule has 1 aliphatic rings. The van der Waals surface area contributed by atoms with Gasteiger partial charge in [0.2, 0.25) is 5.91 Å². The zero-order valence-corrected chi connectivity index (χ0v) is 18.1. The second-order valence-corrected chi connectivity index (χ2v) is 8.72. The van der Waals surface area contributed by atoms with Gasteiger partial charge in [-0.05, 0) is 48.9 Å². The van der Waals surface area contributed by atoms with Crippen LogP contribution >= 0.6 is 15.9 Å². The van der Waals surface area contributed by atoms with E-state index in [2.05, 4.69) is 28.2 Å². The van der Waals surface area contributed by atoms with Crippen molar-refractivity contribution < 1.29 is 4.79 Å². The fraction of sp³-hybridized carbons (Fsp3) is 0.333. The lowest BCUT2D eigenvalue weighted by Gasteiger charge is -2.23. The van der Waals surface area contributed by atoms with Gasteiger partial charge in [-0.25, -0.2) is 0 Å². The Kier molecular flexibility index (Phi) is 5.86. The highest BCUT2D eigenvalue weighted by Crippen LogP contribution is 2.29. The van der Waals surface area contributed by atoms with Gasteiger partial charge in [-0.3, -0.25) is 9.59 Å². The van der Waals surface area contributed by atoms with E-state index in [1.807, 2.05) is 59.3 Å². The van der Waals surface area contributed by atoms with E-state index in [1.54, 1.807) is 0 Å². The van der Waals surface area contributed by atoms with Crippen molar-refractivity contribution in [1.82, 2.24) is 9.88 Å². The molecule has 0 aliphatic heterocycles. The molecule has 0 spiro atoms. The van der Waals surface area contributed by atoms with Crippen LogP contribution in [-0.2, 0) is 4.79 Å². The summed E-state index contributed by atoms with van der Waals surface area (Å²) in [6, 6.07) is 15.0. The first-order valence-electron chi connectivity index (χ1n) is 10.3. The van der Waals surface area contributed by atoms with Crippen LogP contribution in [0.3, 0.4) is 0 Å². The third-order valence-corrected chi connectivity index (χ3v) is 6.04. The van der Waals surface area contributed by atoms with Crippen molar-refractivity contribution in [3.63, 3.8) is 0 Å². The first kappa shape index (κ1) is 19.9. The molecule has 1 aromatic heterocycles. The molecule has 1 fully saturated rings. The van der Waals surface area contributed by atoms with E-state index < -0.39 is 0 Å². The highest BCUT2D eigenvalue weighted by molar-refractivity contribution is 9.10. The van der Waals surface area contributed by atoms with E-state index in [9.17, 15) is 9.59 Å². The molecule has 1 aliphatic carbocycles. The molecule has 3 aromatic rings. The summed E-state index contributed by atoms with van der Waals surface area (Å²) in [4.78, 5) is 26.3. The Bertz CT molecular complexity index is 1090. The summed E-state index contributed by atoms with van der Waals surface area (Å²) in [5.41, 5.74) is 2.26. The van der Waals surface area contributed by atoms with Gasteiger partial charge in [0.25, 0.3) is 0 Å². The lowest BCUT2D eigenvalue weighted by atomic mass is 10.0. The molecule has 4 nitrogen and oxygen atoms in total. The normalized spacial score (nSPS) is 14.7. The third-order valence-electron chi connectivity index (χ3n) is 5.54. The van der Waals surface area contributed by atoms with Gasteiger partial charge < -0.3 is 9.88 Å². The van der Waals surface area contributed by atoms with Gasteiger partial charge in [-0.1, -0.05) is 59.6 Å². The van der Waals surface area contributed by atoms with Crippen molar-refractivity contribution in [3.05, 3.63) is 69.4 Å². The van der Waals surface area contributed by atoms with Crippen LogP contribution in [-0.4, -0.2) is 17.0 Å². The summed E-state index contributed by atoms with van der Waals surface area (Å²) in [5, 5.41) is 3.76. The van der Waals surface area contributed by atoms with Crippen LogP contribution in [0.15, 0.2) is 64.0 Å². The fourth-order valence-corrected chi connectivity index (χ4v) is 4.11. The van der Waals surface area contributed by atoms with E-state index in [-0.39, 0.29) is 17.4 Å². The second kappa shape index (κ2) is 8.54. The lowest BCUT2D eigenvalue weighted by molar-refractivity contribution is -0.124. The van der Waals surface area contributed by atoms with Crippen LogP contribution in [0.1, 0.15) is 38.6 Å². The minimum atomic E-state index is -0.349. The number of rotatable bonds is 7. The van der Waals surface area contributed by atoms with Crippen LogP contribution in [0.2, 0.25) is 0 Å². The van der Waals surface area contributed by atoms with Gasteiger partial charge in [-0.15, -0.1) is 0 Å². The summed E-state index contributed by atoms with van der Waals surface area (Å²) in [7, 11) is 0. The molecule has 5 heteroatoms. The molecular formula is C24H25BrN2O2. The number of halogens is 1. The Labute approximate surface area is 179 Å². The van der Waals surface area contributed by atoms with E-state index in [0.717, 1.165) is 34.9 Å². The average Bonchev–Trinajstić information content (AvgIpc) is 3.56. The number of hydrogen-bond donors (Lipinski definition) is 1. The number of carbonyl (C=O) groups excluding carboxylic acids is 1. The number of nitrogens with zero attached hydrogens (tertiary/aromatic N) is 1. The molecule has 1 amide bonds. The minimum absolute atomic E-state index is 0.0106. The highest BCUT2D eigenvalue weighted by atomic mass is 79.9. The van der Waals surface area contributed by atoms with Crippen molar-refractivity contribution in [2.45, 2.75) is 38.6 Å². The van der Waals surface area contributed by atoms with Crippen LogP contribution in [0.4, 0.5) is 0 Å². The Hall–Kier alpha value is -2.40. The molecule has 1 atom stereocenters. The van der Waals surface area contributed by atoms with Gasteiger partial charge in [-0.2, -0.15) is 0 Å². The molecular weight excluding hydrogens is 428 g/mol. The zero-order chi connectivity index (χ0) is 20.4. The quantitative estimate of drug-likeness (QED) is 0.528. The standard InChI is InChI=1S/C24H25BrN2O2/c1-2-6-21(24(29)26-14-16-9-10-16)27-15-20(17-7-4-3-5-8-17)23(28)19-12-11-18(25)13-22(19)27/h3-5,7-8,11-13,15-16,21H,2,6,9-10,14H2,1H3,(H,26,29). The molecule has 4 rings (SSSR count). The fourth-order valence-electron chi connectivity index (χ4n) is 3.76. The van der Waals surface area contributed by atoms with E-state index >= 15 is 0 Å². The molecule has 0 radical (unpaired) electrons. The number of carbonyl (C=O) groups is 1. The van der Waals surface area contributed by atoms with Crippen LogP contribution in [0.5, 0.6) is 0 Å². The molecule has 1 unspecified atom stereocenters. The Morgan fingerprint density at radius 2 is 1.97 bits per heavy atom. The lowest BCUT2D eigenvalue weighted by Crippen LogP contribution is -2.34. The number of amides is 1. The maximum absolute atomic E-state index is 13.2. The van der Waals surface area contributed by atoms with Gasteiger partial charge in [0, 0.05) is 28.2 Å². The smallest absolute Gasteiger partial charge is 0.243 e. The van der Waals surface area contributed by atoms with Gasteiger partial charge in [0.1, 0.15) is 6.04 Å². The van der Waals surface area contributed by atoms with Crippen LogP contribution in [0, 0.1) is 5.92 Å². The van der Waals surface area contributed by atoms with E-state index in [4.69, 9.17) is 0 Å². The Morgan fingerprint density at radius 3 is 2.66 bits per heavy atom. The Balaban J connectivity index is 1.87. The highest BCUT2D eigenvalue weighted by Gasteiger charge is 2.26. The second-order valence-electron chi connectivity index (χ2n) is 7.80. The van der Waals surface area contributed by atoms with Crippen molar-refractivity contribution in [2.75, 3.05) is 6.54 Å². The molecule has 1 N–H and O–H groups in total. The van der Waals surface area contributed by atoms with Gasteiger partial charge in [0.05, 0.1) is 5.52 Å². The molecule has 150 valence electrons. The molecule has 0 bridgehead atoms. The number of benzene rings is 2. The first-order valence-corrected chi connectivity index (χ1v) is 11.0. The SMILES string of the molecule is CCCC(C(=O)NCC1CC1)n1cc(-c2ccccc2)c(=O)c2ccc(Br)cc21. The Morgan fingerprint density at radius 1 is 1.21 bits per heavy atom. The van der Waals surface area contributed by atoms with Crippen LogP contribution < -0.4 is 10.7 Å². The van der Waals surface area contributed by atoms with Crippen LogP contribution in [0.25, 0.3) is 22.0 Å². The van der Waals surface area contributed by atoms with Crippen molar-refractivity contribution in [3.8, 4) is 11.1 Å². The summed E-state index contributed by atoms with van der Waals surface area (Å²) in [6.07, 6.45) is 5.86. The van der Waals surface area contributed by atoms with Gasteiger partial charge in [0.15, 0.2) is 5.43 Å². The molecule has 1 saturated carbocycles. The number of hydrogen-bond acceptors (Lipinski definition) is 2. The molecule has 2 aromatic carbocycles. The third kappa shape index (κ3) is 4.30.